The normalized spacial score (nSPS) is 13.0. The first kappa shape index (κ1) is 60.6. The molecule has 0 spiro atoms. The number of hydrogen-bond donors (Lipinski definition) is 3. The third-order valence-electron chi connectivity index (χ3n) is 13.1. The lowest BCUT2D eigenvalue weighted by molar-refractivity contribution is -0.123. The summed E-state index contributed by atoms with van der Waals surface area (Å²) >= 11 is 0. The van der Waals surface area contributed by atoms with Crippen LogP contribution in [0.25, 0.3) is 0 Å². The molecule has 0 aromatic rings. The number of rotatable bonds is 52. The second-order valence-corrected chi connectivity index (χ2v) is 19.3. The summed E-state index contributed by atoms with van der Waals surface area (Å²) in [6.45, 7) is 4.33. The van der Waals surface area contributed by atoms with Crippen LogP contribution < -0.4 is 5.32 Å². The summed E-state index contributed by atoms with van der Waals surface area (Å²) in [6.07, 6.45) is 73.1. The monoisotopic (exact) mass is 870 g/mol. The summed E-state index contributed by atoms with van der Waals surface area (Å²) in [7, 11) is 0. The SMILES string of the molecule is CCCCCCCCCCCCCC/C=C\CCCCCCCCCCCCCCC(=O)NC(CO)C(O)/C=C/CC/C=C/CCCCCCCCCCCCCCCCCC. The van der Waals surface area contributed by atoms with Crippen molar-refractivity contribution in [2.75, 3.05) is 6.61 Å². The third-order valence-corrected chi connectivity index (χ3v) is 13.1. The number of allylic oxidation sites excluding steroid dienone is 5. The van der Waals surface area contributed by atoms with Gasteiger partial charge in [0.1, 0.15) is 0 Å². The van der Waals surface area contributed by atoms with Gasteiger partial charge in [-0.15, -0.1) is 0 Å². The van der Waals surface area contributed by atoms with E-state index in [2.05, 4.69) is 43.5 Å². The molecule has 4 heteroatoms. The summed E-state index contributed by atoms with van der Waals surface area (Å²) in [6, 6.07) is -0.639. The predicted octanol–water partition coefficient (Wildman–Crippen LogP) is 18.5. The largest absolute Gasteiger partial charge is 0.394 e. The van der Waals surface area contributed by atoms with Crippen LogP contribution in [0.2, 0.25) is 0 Å². The smallest absolute Gasteiger partial charge is 0.220 e. The highest BCUT2D eigenvalue weighted by atomic mass is 16.3. The van der Waals surface area contributed by atoms with Gasteiger partial charge in [0.05, 0.1) is 18.8 Å². The van der Waals surface area contributed by atoms with Crippen LogP contribution in [0.4, 0.5) is 0 Å². The lowest BCUT2D eigenvalue weighted by Crippen LogP contribution is -2.45. The molecule has 2 atom stereocenters. The van der Waals surface area contributed by atoms with Crippen LogP contribution in [0.15, 0.2) is 36.5 Å². The van der Waals surface area contributed by atoms with E-state index in [0.717, 1.165) is 32.1 Å². The molecule has 2 unspecified atom stereocenters. The van der Waals surface area contributed by atoms with E-state index in [0.29, 0.717) is 6.42 Å². The average Bonchev–Trinajstić information content (AvgIpc) is 3.28. The number of aliphatic hydroxyl groups is 2. The van der Waals surface area contributed by atoms with Gasteiger partial charge >= 0.3 is 0 Å². The molecule has 366 valence electrons. The molecule has 0 rings (SSSR count). The number of aliphatic hydroxyl groups excluding tert-OH is 2. The predicted molar refractivity (Wildman–Crippen MR) is 276 cm³/mol. The average molecular weight is 871 g/mol. The van der Waals surface area contributed by atoms with Crippen molar-refractivity contribution in [2.24, 2.45) is 0 Å². The first-order valence-corrected chi connectivity index (χ1v) is 28.2. The maximum Gasteiger partial charge on any atom is 0.220 e. The Balaban J connectivity index is 3.51. The molecule has 0 heterocycles. The van der Waals surface area contributed by atoms with E-state index < -0.39 is 12.1 Å². The van der Waals surface area contributed by atoms with Crippen molar-refractivity contribution in [1.29, 1.82) is 0 Å². The minimum atomic E-state index is -0.862. The zero-order chi connectivity index (χ0) is 44.9. The molecule has 1 amide bonds. The van der Waals surface area contributed by atoms with Crippen LogP contribution in [-0.4, -0.2) is 34.9 Å². The van der Waals surface area contributed by atoms with Gasteiger partial charge in [-0.3, -0.25) is 4.79 Å². The van der Waals surface area contributed by atoms with E-state index in [9.17, 15) is 15.0 Å². The van der Waals surface area contributed by atoms with E-state index in [1.165, 1.54) is 257 Å². The zero-order valence-electron chi connectivity index (χ0n) is 42.2. The molecule has 0 saturated heterocycles. The van der Waals surface area contributed by atoms with Gasteiger partial charge < -0.3 is 15.5 Å². The molecule has 0 saturated carbocycles. The summed E-state index contributed by atoms with van der Waals surface area (Å²) in [5.74, 6) is -0.0700. The number of unbranched alkanes of at least 4 members (excludes halogenated alkanes) is 41. The van der Waals surface area contributed by atoms with Crippen LogP contribution in [0, 0.1) is 0 Å². The Bertz CT molecular complexity index is 943. The number of amides is 1. The first-order valence-electron chi connectivity index (χ1n) is 28.2. The molecule has 0 aromatic heterocycles. The van der Waals surface area contributed by atoms with Crippen LogP contribution >= 0.6 is 0 Å². The summed E-state index contributed by atoms with van der Waals surface area (Å²) in [4.78, 5) is 12.5. The molecule has 3 N–H and O–H groups in total. The van der Waals surface area contributed by atoms with Gasteiger partial charge in [-0.1, -0.05) is 281 Å². The molecular formula is C58H111NO3. The topological polar surface area (TPSA) is 69.6 Å². The maximum absolute atomic E-state index is 12.5. The second kappa shape index (κ2) is 53.9. The van der Waals surface area contributed by atoms with E-state index >= 15 is 0 Å². The van der Waals surface area contributed by atoms with Crippen molar-refractivity contribution in [1.82, 2.24) is 5.32 Å². The van der Waals surface area contributed by atoms with Gasteiger partial charge in [0.25, 0.3) is 0 Å². The van der Waals surface area contributed by atoms with Crippen molar-refractivity contribution >= 4 is 5.91 Å². The maximum atomic E-state index is 12.5. The van der Waals surface area contributed by atoms with Gasteiger partial charge in [-0.2, -0.15) is 0 Å². The van der Waals surface area contributed by atoms with Crippen LogP contribution in [0.5, 0.6) is 0 Å². The fourth-order valence-corrected chi connectivity index (χ4v) is 8.78. The zero-order valence-corrected chi connectivity index (χ0v) is 42.2. The molecule has 62 heavy (non-hydrogen) atoms. The minimum absolute atomic E-state index is 0.0700. The van der Waals surface area contributed by atoms with Crippen molar-refractivity contribution in [2.45, 2.75) is 321 Å². The lowest BCUT2D eigenvalue weighted by Gasteiger charge is -2.19. The molecule has 0 aliphatic rings. The lowest BCUT2D eigenvalue weighted by atomic mass is 10.0. The van der Waals surface area contributed by atoms with Crippen molar-refractivity contribution < 1.29 is 15.0 Å². The van der Waals surface area contributed by atoms with Gasteiger partial charge in [0, 0.05) is 6.42 Å². The minimum Gasteiger partial charge on any atom is -0.394 e. The van der Waals surface area contributed by atoms with E-state index in [4.69, 9.17) is 0 Å². The standard InChI is InChI=1S/C58H111NO3/c1-3-5-7-9-11-13-15-17-19-21-23-25-27-28-29-30-31-32-34-36-38-40-42-44-46-48-50-52-54-58(62)59-56(55-60)57(61)53-51-49-47-45-43-41-39-37-35-33-26-24-22-20-18-16-14-12-10-8-6-4-2/h28-29,43,45,51,53,56-57,60-61H,3-27,30-42,44,46-50,52,54-55H2,1-2H3,(H,59,62)/b29-28-,45-43+,53-51+. The number of hydrogen-bond acceptors (Lipinski definition) is 3. The molecule has 0 fully saturated rings. The summed E-state index contributed by atoms with van der Waals surface area (Å²) in [5, 5.41) is 23.1. The molecule has 0 radical (unpaired) electrons. The Kier molecular flexibility index (Phi) is 52.7. The Morgan fingerprint density at radius 2 is 0.629 bits per heavy atom. The Morgan fingerprint density at radius 3 is 0.935 bits per heavy atom. The quantitative estimate of drug-likeness (QED) is 0.0421. The van der Waals surface area contributed by atoms with Crippen LogP contribution in [0.1, 0.15) is 309 Å². The molecule has 0 bridgehead atoms. The number of carbonyl (C=O) groups is 1. The molecule has 4 nitrogen and oxygen atoms in total. The van der Waals surface area contributed by atoms with E-state index in [1.807, 2.05) is 6.08 Å². The van der Waals surface area contributed by atoms with Crippen LogP contribution in [0.3, 0.4) is 0 Å². The van der Waals surface area contributed by atoms with Gasteiger partial charge in [0.2, 0.25) is 5.91 Å². The van der Waals surface area contributed by atoms with Gasteiger partial charge in [0.15, 0.2) is 0 Å². The fourth-order valence-electron chi connectivity index (χ4n) is 8.78. The van der Waals surface area contributed by atoms with Crippen LogP contribution in [-0.2, 0) is 4.79 Å². The van der Waals surface area contributed by atoms with Crippen molar-refractivity contribution in [3.05, 3.63) is 36.5 Å². The summed E-state index contributed by atoms with van der Waals surface area (Å²) in [5.41, 5.74) is 0. The third kappa shape index (κ3) is 49.6. The highest BCUT2D eigenvalue weighted by Crippen LogP contribution is 2.17. The number of nitrogens with one attached hydrogen (secondary N) is 1. The molecular weight excluding hydrogens is 759 g/mol. The Labute approximate surface area is 389 Å². The highest BCUT2D eigenvalue weighted by Gasteiger charge is 2.18. The first-order chi connectivity index (χ1) is 30.7. The fraction of sp³-hybridized carbons (Fsp3) is 0.879. The summed E-state index contributed by atoms with van der Waals surface area (Å²) < 4.78 is 0. The van der Waals surface area contributed by atoms with Gasteiger partial charge in [-0.25, -0.2) is 0 Å². The number of carbonyl (C=O) groups excluding carboxylic acids is 1. The van der Waals surface area contributed by atoms with Gasteiger partial charge in [-0.05, 0) is 57.8 Å². The Morgan fingerprint density at radius 1 is 0.371 bits per heavy atom. The van der Waals surface area contributed by atoms with Crippen molar-refractivity contribution in [3.8, 4) is 0 Å². The molecule has 0 aromatic carbocycles. The molecule has 0 aliphatic carbocycles. The Hall–Kier alpha value is -1.39. The molecule has 0 aliphatic heterocycles. The second-order valence-electron chi connectivity index (χ2n) is 19.3. The van der Waals surface area contributed by atoms with E-state index in [-0.39, 0.29) is 12.5 Å². The highest BCUT2D eigenvalue weighted by molar-refractivity contribution is 5.76. The van der Waals surface area contributed by atoms with E-state index in [1.54, 1.807) is 6.08 Å². The van der Waals surface area contributed by atoms with Crippen molar-refractivity contribution in [3.63, 3.8) is 0 Å².